The van der Waals surface area contributed by atoms with Crippen LogP contribution in [0.5, 0.6) is 11.5 Å². The molecule has 0 unspecified atom stereocenters. The van der Waals surface area contributed by atoms with E-state index in [4.69, 9.17) is 26.2 Å². The third-order valence-electron chi connectivity index (χ3n) is 3.00. The molecule has 0 bridgehead atoms. The molecule has 7 heteroatoms. The minimum Gasteiger partial charge on any atom is -0.493 e. The summed E-state index contributed by atoms with van der Waals surface area (Å²) in [6.45, 7) is 5.63. The van der Waals surface area contributed by atoms with Gasteiger partial charge in [-0.25, -0.2) is 4.79 Å². The molecule has 1 aromatic carbocycles. The van der Waals surface area contributed by atoms with E-state index in [9.17, 15) is 9.59 Å². The lowest BCUT2D eigenvalue weighted by Gasteiger charge is -2.19. The number of rotatable bonds is 7. The van der Waals surface area contributed by atoms with Crippen LogP contribution in [0.15, 0.2) is 12.1 Å². The highest BCUT2D eigenvalue weighted by molar-refractivity contribution is 6.32. The minimum absolute atomic E-state index is 0.206. The Balaban J connectivity index is 3.08. The summed E-state index contributed by atoms with van der Waals surface area (Å²) in [6.07, 6.45) is 0. The highest BCUT2D eigenvalue weighted by Crippen LogP contribution is 2.36. The molecule has 0 spiro atoms. The number of carboxylic acids is 1. The van der Waals surface area contributed by atoms with E-state index >= 15 is 0 Å². The topological polar surface area (TPSA) is 84.9 Å². The van der Waals surface area contributed by atoms with Gasteiger partial charge in [0, 0.05) is 5.56 Å². The zero-order chi connectivity index (χ0) is 16.9. The van der Waals surface area contributed by atoms with E-state index in [-0.39, 0.29) is 16.5 Å². The first kappa shape index (κ1) is 18.1. The van der Waals surface area contributed by atoms with E-state index in [1.165, 1.54) is 19.2 Å². The number of carbonyl (C=O) groups is 2. The molecular weight excluding hydrogens is 310 g/mol. The van der Waals surface area contributed by atoms with Gasteiger partial charge in [0.1, 0.15) is 6.04 Å². The van der Waals surface area contributed by atoms with E-state index in [0.29, 0.717) is 18.1 Å². The normalized spacial score (nSPS) is 11.9. The second-order valence-electron chi connectivity index (χ2n) is 4.96. The van der Waals surface area contributed by atoms with Crippen molar-refractivity contribution in [3.8, 4) is 11.5 Å². The zero-order valence-corrected chi connectivity index (χ0v) is 13.7. The number of aliphatic carboxylic acids is 1. The highest BCUT2D eigenvalue weighted by Gasteiger charge is 2.25. The number of amides is 1. The summed E-state index contributed by atoms with van der Waals surface area (Å²) >= 11 is 6.10. The molecule has 0 saturated heterocycles. The predicted molar refractivity (Wildman–Crippen MR) is 82.9 cm³/mol. The predicted octanol–water partition coefficient (Wildman–Crippen LogP) is 2.59. The zero-order valence-electron chi connectivity index (χ0n) is 13.0. The van der Waals surface area contributed by atoms with Crippen molar-refractivity contribution in [3.63, 3.8) is 0 Å². The second-order valence-corrected chi connectivity index (χ2v) is 5.36. The maximum atomic E-state index is 12.2. The first-order valence-electron chi connectivity index (χ1n) is 6.85. The molecule has 0 heterocycles. The van der Waals surface area contributed by atoms with E-state index in [1.807, 2.05) is 0 Å². The van der Waals surface area contributed by atoms with Crippen molar-refractivity contribution in [1.29, 1.82) is 0 Å². The van der Waals surface area contributed by atoms with Gasteiger partial charge in [0.2, 0.25) is 0 Å². The number of nitrogens with one attached hydrogen (secondary N) is 1. The molecule has 0 fully saturated rings. The Morgan fingerprint density at radius 1 is 1.36 bits per heavy atom. The van der Waals surface area contributed by atoms with Gasteiger partial charge in [-0.15, -0.1) is 0 Å². The van der Waals surface area contributed by atoms with Crippen LogP contribution in [0.3, 0.4) is 0 Å². The molecule has 0 aliphatic rings. The molecule has 0 saturated carbocycles. The van der Waals surface area contributed by atoms with Gasteiger partial charge < -0.3 is 19.9 Å². The van der Waals surface area contributed by atoms with Crippen molar-refractivity contribution in [2.45, 2.75) is 26.8 Å². The number of carboxylic acid groups (broad SMARTS) is 1. The Morgan fingerprint density at radius 2 is 2.00 bits per heavy atom. The van der Waals surface area contributed by atoms with Crippen LogP contribution in [0.1, 0.15) is 31.1 Å². The molecule has 0 radical (unpaired) electrons. The summed E-state index contributed by atoms with van der Waals surface area (Å²) in [5.41, 5.74) is 0.206. The van der Waals surface area contributed by atoms with Crippen LogP contribution in [0.25, 0.3) is 0 Å². The lowest BCUT2D eigenvalue weighted by atomic mass is 10.0. The number of halogens is 1. The van der Waals surface area contributed by atoms with Crippen molar-refractivity contribution >= 4 is 23.5 Å². The van der Waals surface area contributed by atoms with E-state index in [1.54, 1.807) is 20.8 Å². The van der Waals surface area contributed by atoms with E-state index < -0.39 is 17.9 Å². The molecule has 1 atom stereocenters. The van der Waals surface area contributed by atoms with Crippen molar-refractivity contribution < 1.29 is 24.2 Å². The summed E-state index contributed by atoms with van der Waals surface area (Å²) in [6, 6.07) is 1.90. The van der Waals surface area contributed by atoms with E-state index in [0.717, 1.165) is 0 Å². The van der Waals surface area contributed by atoms with Crippen molar-refractivity contribution in [2.75, 3.05) is 13.7 Å². The van der Waals surface area contributed by atoms with Gasteiger partial charge >= 0.3 is 5.97 Å². The Labute approximate surface area is 134 Å². The van der Waals surface area contributed by atoms with Crippen LogP contribution < -0.4 is 14.8 Å². The summed E-state index contributed by atoms with van der Waals surface area (Å²) in [5.74, 6) is -1.21. The first-order valence-corrected chi connectivity index (χ1v) is 7.23. The third kappa shape index (κ3) is 4.27. The van der Waals surface area contributed by atoms with Crippen LogP contribution in [0.4, 0.5) is 0 Å². The van der Waals surface area contributed by atoms with Gasteiger partial charge in [-0.1, -0.05) is 25.4 Å². The molecule has 0 aliphatic heterocycles. The minimum atomic E-state index is -1.09. The van der Waals surface area contributed by atoms with Crippen LogP contribution in [0, 0.1) is 5.92 Å². The van der Waals surface area contributed by atoms with Gasteiger partial charge in [-0.05, 0) is 25.0 Å². The number of hydrogen-bond acceptors (Lipinski definition) is 4. The SMILES string of the molecule is CCOc1c(Cl)cc(C(=O)N[C@H](C(=O)O)C(C)C)cc1OC. The average molecular weight is 330 g/mol. The van der Waals surface area contributed by atoms with Crippen LogP contribution in [-0.4, -0.2) is 36.7 Å². The molecule has 1 amide bonds. The maximum Gasteiger partial charge on any atom is 0.326 e. The number of ether oxygens (including phenoxy) is 2. The third-order valence-corrected chi connectivity index (χ3v) is 3.28. The number of benzene rings is 1. The van der Waals surface area contributed by atoms with E-state index in [2.05, 4.69) is 5.32 Å². The summed E-state index contributed by atoms with van der Waals surface area (Å²) < 4.78 is 10.5. The van der Waals surface area contributed by atoms with Crippen LogP contribution in [0.2, 0.25) is 5.02 Å². The summed E-state index contributed by atoms with van der Waals surface area (Å²) in [4.78, 5) is 23.4. The standard InChI is InChI=1S/C15H20ClNO5/c1-5-22-13-10(16)6-9(7-11(13)21-4)14(18)17-12(8(2)3)15(19)20/h6-8,12H,5H2,1-4H3,(H,17,18)(H,19,20)/t12-/m0/s1. The lowest BCUT2D eigenvalue weighted by molar-refractivity contribution is -0.140. The van der Waals surface area contributed by atoms with Crippen molar-refractivity contribution in [3.05, 3.63) is 22.7 Å². The molecule has 2 N–H and O–H groups in total. The highest BCUT2D eigenvalue weighted by atomic mass is 35.5. The van der Waals surface area contributed by atoms with Crippen LogP contribution >= 0.6 is 11.6 Å². The van der Waals surface area contributed by atoms with Gasteiger partial charge in [0.05, 0.1) is 18.7 Å². The van der Waals surface area contributed by atoms with Gasteiger partial charge in [0.25, 0.3) is 5.91 Å². The quantitative estimate of drug-likeness (QED) is 0.803. The number of carbonyl (C=O) groups excluding carboxylic acids is 1. The van der Waals surface area contributed by atoms with Gasteiger partial charge in [-0.3, -0.25) is 4.79 Å². The molecule has 1 rings (SSSR count). The Bertz CT molecular complexity index is 559. The average Bonchev–Trinajstić information content (AvgIpc) is 2.45. The Kier molecular flexibility index (Phi) is 6.49. The Hall–Kier alpha value is -1.95. The molecule has 0 aliphatic carbocycles. The Morgan fingerprint density at radius 3 is 2.45 bits per heavy atom. The fourth-order valence-corrected chi connectivity index (χ4v) is 2.14. The molecule has 122 valence electrons. The number of hydrogen-bond donors (Lipinski definition) is 2. The maximum absolute atomic E-state index is 12.2. The summed E-state index contributed by atoms with van der Waals surface area (Å²) in [7, 11) is 1.43. The smallest absolute Gasteiger partial charge is 0.326 e. The number of methoxy groups -OCH3 is 1. The second kappa shape index (κ2) is 7.89. The molecule has 22 heavy (non-hydrogen) atoms. The fraction of sp³-hybridized carbons (Fsp3) is 0.467. The van der Waals surface area contributed by atoms with Gasteiger partial charge in [-0.2, -0.15) is 0 Å². The fourth-order valence-electron chi connectivity index (χ4n) is 1.87. The molecule has 6 nitrogen and oxygen atoms in total. The summed E-state index contributed by atoms with van der Waals surface area (Å²) in [5, 5.41) is 11.8. The first-order chi connectivity index (χ1) is 10.3. The van der Waals surface area contributed by atoms with Crippen molar-refractivity contribution in [2.24, 2.45) is 5.92 Å². The molecule has 0 aromatic heterocycles. The molecule has 1 aromatic rings. The monoisotopic (exact) mass is 329 g/mol. The van der Waals surface area contributed by atoms with Crippen LogP contribution in [-0.2, 0) is 4.79 Å². The largest absolute Gasteiger partial charge is 0.493 e. The molecular formula is C15H20ClNO5. The lowest BCUT2D eigenvalue weighted by Crippen LogP contribution is -2.44. The van der Waals surface area contributed by atoms with Crippen molar-refractivity contribution in [1.82, 2.24) is 5.32 Å². The van der Waals surface area contributed by atoms with Gasteiger partial charge in [0.15, 0.2) is 11.5 Å².